The highest BCUT2D eigenvalue weighted by Crippen LogP contribution is 2.34. The summed E-state index contributed by atoms with van der Waals surface area (Å²) in [6, 6.07) is 4.91. The number of hydrogen-bond acceptors (Lipinski definition) is 6. The second kappa shape index (κ2) is 9.03. The Morgan fingerprint density at radius 1 is 1.19 bits per heavy atom. The molecule has 3 aromatic rings. The molecular weight excluding hydrogens is 408 g/mol. The number of ether oxygens (including phenoxy) is 2. The first-order valence-electron chi connectivity index (χ1n) is 10.4. The molecule has 4 rings (SSSR count). The van der Waals surface area contributed by atoms with Crippen LogP contribution < -0.4 is 19.9 Å². The van der Waals surface area contributed by atoms with Gasteiger partial charge in [0.05, 0.1) is 20.2 Å². The van der Waals surface area contributed by atoms with Gasteiger partial charge in [0.25, 0.3) is 5.56 Å². The molecule has 1 aliphatic heterocycles. The highest BCUT2D eigenvalue weighted by molar-refractivity contribution is 5.75. The Labute approximate surface area is 186 Å². The third-order valence-electron chi connectivity index (χ3n) is 5.46. The Kier molecular flexibility index (Phi) is 6.00. The number of fused-ring (bicyclic) bond motifs is 1. The predicted molar refractivity (Wildman–Crippen MR) is 122 cm³/mol. The van der Waals surface area contributed by atoms with Crippen molar-refractivity contribution in [2.45, 2.75) is 32.7 Å². The van der Waals surface area contributed by atoms with Gasteiger partial charge in [-0.2, -0.15) is 9.97 Å². The molecule has 1 aliphatic rings. The number of hydrogen-bond donors (Lipinski definition) is 0. The number of piperidine rings is 1. The summed E-state index contributed by atoms with van der Waals surface area (Å²) < 4.78 is 14.5. The van der Waals surface area contributed by atoms with Crippen LogP contribution in [0.4, 0.5) is 11.6 Å². The highest BCUT2D eigenvalue weighted by Gasteiger charge is 2.24. The van der Waals surface area contributed by atoms with E-state index in [0.29, 0.717) is 40.8 Å². The van der Waals surface area contributed by atoms with Crippen molar-refractivity contribution in [1.29, 1.82) is 0 Å². The van der Waals surface area contributed by atoms with Crippen LogP contribution in [0.5, 0.6) is 17.5 Å². The van der Waals surface area contributed by atoms with E-state index in [1.54, 1.807) is 32.2 Å². The zero-order valence-electron chi connectivity index (χ0n) is 18.4. The standard InChI is InChI=1S/C23H24N6O3/c1-5-6-14-29-19-20(25-22(29)28-12-8-7-9-13-28)26-23(27(3)21(19)30)32-17-11-10-16(24-2)15-18(17)31-4/h10-11,15H,7-9,12-14H2,1,3-4H3. The van der Waals surface area contributed by atoms with Gasteiger partial charge in [-0.1, -0.05) is 12.0 Å². The lowest BCUT2D eigenvalue weighted by atomic mass is 10.1. The summed E-state index contributed by atoms with van der Waals surface area (Å²) in [5.41, 5.74) is 0.876. The summed E-state index contributed by atoms with van der Waals surface area (Å²) in [5.74, 6) is 7.39. The van der Waals surface area contributed by atoms with E-state index in [9.17, 15) is 4.79 Å². The molecule has 0 unspecified atom stereocenters. The summed E-state index contributed by atoms with van der Waals surface area (Å²) in [6.45, 7) is 11.1. The molecule has 0 atom stereocenters. The average molecular weight is 432 g/mol. The number of methoxy groups -OCH3 is 1. The number of aromatic nitrogens is 4. The van der Waals surface area contributed by atoms with Gasteiger partial charge < -0.3 is 14.4 Å². The lowest BCUT2D eigenvalue weighted by molar-refractivity contribution is 0.359. The molecular formula is C23H24N6O3. The lowest BCUT2D eigenvalue weighted by Crippen LogP contribution is -2.32. The van der Waals surface area contributed by atoms with Crippen LogP contribution >= 0.6 is 0 Å². The molecule has 1 saturated heterocycles. The second-order valence-electron chi connectivity index (χ2n) is 7.45. The summed E-state index contributed by atoms with van der Waals surface area (Å²) in [4.78, 5) is 28.2. The quantitative estimate of drug-likeness (QED) is 0.454. The van der Waals surface area contributed by atoms with Gasteiger partial charge in [0.2, 0.25) is 5.95 Å². The summed E-state index contributed by atoms with van der Waals surface area (Å²) in [6.07, 6.45) is 3.36. The molecule has 0 radical (unpaired) electrons. The molecule has 0 saturated carbocycles. The fourth-order valence-electron chi connectivity index (χ4n) is 3.77. The van der Waals surface area contributed by atoms with E-state index in [1.807, 2.05) is 4.57 Å². The molecule has 1 fully saturated rings. The molecule has 0 N–H and O–H groups in total. The van der Waals surface area contributed by atoms with Crippen molar-refractivity contribution in [2.24, 2.45) is 7.05 Å². The number of anilines is 1. The summed E-state index contributed by atoms with van der Waals surface area (Å²) in [7, 11) is 3.10. The minimum atomic E-state index is -0.268. The second-order valence-corrected chi connectivity index (χ2v) is 7.45. The van der Waals surface area contributed by atoms with E-state index in [4.69, 9.17) is 21.0 Å². The Balaban J connectivity index is 1.83. The van der Waals surface area contributed by atoms with Crippen LogP contribution in [0.15, 0.2) is 23.0 Å². The fraction of sp³-hybridized carbons (Fsp3) is 0.391. The van der Waals surface area contributed by atoms with Crippen molar-refractivity contribution in [3.63, 3.8) is 0 Å². The van der Waals surface area contributed by atoms with E-state index in [2.05, 4.69) is 26.6 Å². The molecule has 9 nitrogen and oxygen atoms in total. The third kappa shape index (κ3) is 3.85. The molecule has 9 heteroatoms. The zero-order valence-corrected chi connectivity index (χ0v) is 18.4. The normalized spacial score (nSPS) is 13.4. The first-order valence-corrected chi connectivity index (χ1v) is 10.4. The van der Waals surface area contributed by atoms with Crippen LogP contribution in [-0.4, -0.2) is 39.3 Å². The van der Waals surface area contributed by atoms with E-state index in [0.717, 1.165) is 25.9 Å². The van der Waals surface area contributed by atoms with Gasteiger partial charge in [0.15, 0.2) is 28.4 Å². The molecule has 0 bridgehead atoms. The zero-order chi connectivity index (χ0) is 22.7. The molecule has 0 spiro atoms. The smallest absolute Gasteiger partial charge is 0.306 e. The topological polar surface area (TPSA) is 78.8 Å². The van der Waals surface area contributed by atoms with Crippen molar-refractivity contribution in [1.82, 2.24) is 19.1 Å². The van der Waals surface area contributed by atoms with Gasteiger partial charge in [-0.25, -0.2) is 4.85 Å². The minimum Gasteiger partial charge on any atom is -0.494 e. The van der Waals surface area contributed by atoms with Gasteiger partial charge in [-0.05, 0) is 38.3 Å². The molecule has 1 aromatic carbocycles. The van der Waals surface area contributed by atoms with Crippen LogP contribution in [0.1, 0.15) is 26.2 Å². The van der Waals surface area contributed by atoms with E-state index < -0.39 is 0 Å². The van der Waals surface area contributed by atoms with E-state index >= 15 is 0 Å². The van der Waals surface area contributed by atoms with Crippen molar-refractivity contribution in [3.05, 3.63) is 40.0 Å². The predicted octanol–water partition coefficient (Wildman–Crippen LogP) is 3.50. The van der Waals surface area contributed by atoms with Crippen LogP contribution in [0, 0.1) is 18.4 Å². The van der Waals surface area contributed by atoms with Crippen molar-refractivity contribution < 1.29 is 9.47 Å². The molecule has 164 valence electrons. The molecule has 3 heterocycles. The number of rotatable bonds is 5. The Bertz CT molecular complexity index is 1320. The molecule has 0 aliphatic carbocycles. The van der Waals surface area contributed by atoms with Crippen molar-refractivity contribution in [2.75, 3.05) is 25.1 Å². The van der Waals surface area contributed by atoms with Gasteiger partial charge in [-0.15, -0.1) is 5.92 Å². The van der Waals surface area contributed by atoms with Crippen molar-refractivity contribution >= 4 is 22.8 Å². The molecule has 32 heavy (non-hydrogen) atoms. The van der Waals surface area contributed by atoms with Gasteiger partial charge in [0.1, 0.15) is 0 Å². The maximum atomic E-state index is 13.3. The summed E-state index contributed by atoms with van der Waals surface area (Å²) in [5, 5.41) is 0. The lowest BCUT2D eigenvalue weighted by Gasteiger charge is -2.27. The van der Waals surface area contributed by atoms with Gasteiger partial charge in [-0.3, -0.25) is 13.9 Å². The first-order chi connectivity index (χ1) is 15.6. The summed E-state index contributed by atoms with van der Waals surface area (Å²) >= 11 is 0. The van der Waals surface area contributed by atoms with Gasteiger partial charge in [0, 0.05) is 20.1 Å². The Hall–Kier alpha value is -3.98. The van der Waals surface area contributed by atoms with Crippen LogP contribution in [-0.2, 0) is 13.6 Å². The fourth-order valence-corrected chi connectivity index (χ4v) is 3.77. The Morgan fingerprint density at radius 2 is 1.97 bits per heavy atom. The highest BCUT2D eigenvalue weighted by atomic mass is 16.5. The number of benzene rings is 1. The van der Waals surface area contributed by atoms with E-state index in [1.165, 1.54) is 18.1 Å². The average Bonchev–Trinajstić information content (AvgIpc) is 3.20. The monoisotopic (exact) mass is 432 g/mol. The minimum absolute atomic E-state index is 0.0905. The maximum Gasteiger partial charge on any atom is 0.306 e. The first kappa shape index (κ1) is 21.3. The molecule has 2 aromatic heterocycles. The number of imidazole rings is 1. The third-order valence-corrected chi connectivity index (χ3v) is 5.46. The van der Waals surface area contributed by atoms with Crippen LogP contribution in [0.3, 0.4) is 0 Å². The van der Waals surface area contributed by atoms with Crippen molar-refractivity contribution in [3.8, 4) is 29.4 Å². The maximum absolute atomic E-state index is 13.3. The van der Waals surface area contributed by atoms with Gasteiger partial charge >= 0.3 is 6.01 Å². The van der Waals surface area contributed by atoms with E-state index in [-0.39, 0.29) is 11.6 Å². The van der Waals surface area contributed by atoms with Crippen LogP contribution in [0.2, 0.25) is 0 Å². The molecule has 0 amide bonds. The number of nitrogens with zero attached hydrogens (tertiary/aromatic N) is 6. The Morgan fingerprint density at radius 3 is 2.66 bits per heavy atom. The largest absolute Gasteiger partial charge is 0.494 e. The SMILES string of the molecule is [C-]#[N+]c1ccc(Oc2nc3nc(N4CCCCC4)n(CC#CC)c3c(=O)n2C)c(OC)c1. The van der Waals surface area contributed by atoms with Crippen LogP contribution in [0.25, 0.3) is 16.0 Å².